The van der Waals surface area contributed by atoms with Crippen LogP contribution in [0.15, 0.2) is 18.2 Å². The molecule has 16 heavy (non-hydrogen) atoms. The Labute approximate surface area is 102 Å². The first-order valence-corrected chi connectivity index (χ1v) is 6.12. The Bertz CT molecular complexity index is 326. The van der Waals surface area contributed by atoms with Gasteiger partial charge in [-0.2, -0.15) is 0 Å². The van der Waals surface area contributed by atoms with E-state index in [2.05, 4.69) is 19.2 Å². The van der Waals surface area contributed by atoms with E-state index in [0.29, 0.717) is 5.92 Å². The van der Waals surface area contributed by atoms with Gasteiger partial charge >= 0.3 is 0 Å². The van der Waals surface area contributed by atoms with E-state index in [9.17, 15) is 4.39 Å². The highest BCUT2D eigenvalue weighted by Crippen LogP contribution is 2.16. The first-order chi connectivity index (χ1) is 7.59. The van der Waals surface area contributed by atoms with Crippen molar-refractivity contribution in [1.29, 1.82) is 0 Å². The molecule has 1 aromatic rings. The Morgan fingerprint density at radius 3 is 2.75 bits per heavy atom. The van der Waals surface area contributed by atoms with Crippen LogP contribution in [-0.2, 0) is 6.42 Å². The molecule has 1 aromatic carbocycles. The predicted molar refractivity (Wildman–Crippen MR) is 67.4 cm³/mol. The van der Waals surface area contributed by atoms with Gasteiger partial charge in [-0.1, -0.05) is 31.5 Å². The van der Waals surface area contributed by atoms with E-state index in [4.69, 9.17) is 11.6 Å². The quantitative estimate of drug-likeness (QED) is 0.752. The van der Waals surface area contributed by atoms with Gasteiger partial charge in [-0.05, 0) is 49.5 Å². The molecular formula is C13H19ClFN. The Hall–Kier alpha value is -0.600. The zero-order valence-electron chi connectivity index (χ0n) is 9.89. The Kier molecular flexibility index (Phi) is 5.78. The number of aryl methyl sites for hydroxylation is 1. The SMILES string of the molecule is CC(C)CNCCCc1ccc(F)c(Cl)c1. The average Bonchev–Trinajstić information content (AvgIpc) is 2.22. The van der Waals surface area contributed by atoms with Crippen LogP contribution in [0.1, 0.15) is 25.8 Å². The third-order valence-corrected chi connectivity index (χ3v) is 2.65. The van der Waals surface area contributed by atoms with Crippen molar-refractivity contribution in [3.8, 4) is 0 Å². The smallest absolute Gasteiger partial charge is 0.141 e. The third-order valence-electron chi connectivity index (χ3n) is 2.36. The minimum Gasteiger partial charge on any atom is -0.316 e. The van der Waals surface area contributed by atoms with Crippen LogP contribution in [0.5, 0.6) is 0 Å². The molecule has 90 valence electrons. The van der Waals surface area contributed by atoms with E-state index < -0.39 is 0 Å². The maximum atomic E-state index is 12.9. The second-order valence-electron chi connectivity index (χ2n) is 4.45. The predicted octanol–water partition coefficient (Wildman–Crippen LogP) is 3.66. The number of rotatable bonds is 6. The molecule has 0 amide bonds. The molecule has 0 aliphatic rings. The lowest BCUT2D eigenvalue weighted by atomic mass is 10.1. The fourth-order valence-corrected chi connectivity index (χ4v) is 1.71. The molecule has 3 heteroatoms. The summed E-state index contributed by atoms with van der Waals surface area (Å²) in [7, 11) is 0. The third kappa shape index (κ3) is 4.95. The lowest BCUT2D eigenvalue weighted by Gasteiger charge is -2.07. The Balaban J connectivity index is 2.24. The first-order valence-electron chi connectivity index (χ1n) is 5.74. The summed E-state index contributed by atoms with van der Waals surface area (Å²) < 4.78 is 12.9. The molecule has 1 nitrogen and oxygen atoms in total. The molecule has 1 N–H and O–H groups in total. The van der Waals surface area contributed by atoms with Crippen molar-refractivity contribution < 1.29 is 4.39 Å². The van der Waals surface area contributed by atoms with Gasteiger partial charge in [-0.25, -0.2) is 4.39 Å². The molecule has 0 aliphatic carbocycles. The summed E-state index contributed by atoms with van der Waals surface area (Å²) in [6.45, 7) is 6.41. The highest BCUT2D eigenvalue weighted by atomic mass is 35.5. The van der Waals surface area contributed by atoms with Crippen molar-refractivity contribution in [2.75, 3.05) is 13.1 Å². The van der Waals surface area contributed by atoms with Crippen molar-refractivity contribution in [1.82, 2.24) is 5.32 Å². The van der Waals surface area contributed by atoms with E-state index in [-0.39, 0.29) is 10.8 Å². The van der Waals surface area contributed by atoms with Crippen LogP contribution in [0.4, 0.5) is 4.39 Å². The van der Waals surface area contributed by atoms with Gasteiger partial charge in [-0.3, -0.25) is 0 Å². The highest BCUT2D eigenvalue weighted by molar-refractivity contribution is 6.30. The lowest BCUT2D eigenvalue weighted by molar-refractivity contribution is 0.543. The topological polar surface area (TPSA) is 12.0 Å². The van der Waals surface area contributed by atoms with Crippen LogP contribution in [0.25, 0.3) is 0 Å². The molecule has 0 saturated heterocycles. The number of hydrogen-bond acceptors (Lipinski definition) is 1. The summed E-state index contributed by atoms with van der Waals surface area (Å²) in [5.74, 6) is 0.337. The standard InChI is InChI=1S/C13H19ClFN/c1-10(2)9-16-7-3-4-11-5-6-13(15)12(14)8-11/h5-6,8,10,16H,3-4,7,9H2,1-2H3. The normalized spacial score (nSPS) is 11.1. The summed E-state index contributed by atoms with van der Waals surface area (Å²) in [6, 6.07) is 4.93. The van der Waals surface area contributed by atoms with Gasteiger partial charge in [0, 0.05) is 0 Å². The molecule has 0 saturated carbocycles. The fourth-order valence-electron chi connectivity index (χ4n) is 1.50. The van der Waals surface area contributed by atoms with Crippen molar-refractivity contribution in [3.63, 3.8) is 0 Å². The fraction of sp³-hybridized carbons (Fsp3) is 0.538. The van der Waals surface area contributed by atoms with E-state index in [1.807, 2.05) is 0 Å². The molecule has 0 aliphatic heterocycles. The summed E-state index contributed by atoms with van der Waals surface area (Å²) in [4.78, 5) is 0. The first kappa shape index (κ1) is 13.5. The number of benzene rings is 1. The summed E-state index contributed by atoms with van der Waals surface area (Å²) >= 11 is 5.70. The molecule has 0 spiro atoms. The number of halogens is 2. The Morgan fingerprint density at radius 2 is 2.12 bits per heavy atom. The van der Waals surface area contributed by atoms with Gasteiger partial charge in [0.25, 0.3) is 0 Å². The van der Waals surface area contributed by atoms with E-state index in [0.717, 1.165) is 31.5 Å². The van der Waals surface area contributed by atoms with Crippen LogP contribution >= 0.6 is 11.6 Å². The minimum absolute atomic E-state index is 0.215. The van der Waals surface area contributed by atoms with Gasteiger partial charge in [0.15, 0.2) is 0 Å². The van der Waals surface area contributed by atoms with Crippen LogP contribution in [0.3, 0.4) is 0 Å². The largest absolute Gasteiger partial charge is 0.316 e. The zero-order chi connectivity index (χ0) is 12.0. The highest BCUT2D eigenvalue weighted by Gasteiger charge is 2.00. The van der Waals surface area contributed by atoms with Gasteiger partial charge in [0.05, 0.1) is 5.02 Å². The van der Waals surface area contributed by atoms with Gasteiger partial charge in [0.1, 0.15) is 5.82 Å². The van der Waals surface area contributed by atoms with Crippen LogP contribution in [0, 0.1) is 11.7 Å². The van der Waals surface area contributed by atoms with Gasteiger partial charge in [-0.15, -0.1) is 0 Å². The van der Waals surface area contributed by atoms with Crippen LogP contribution < -0.4 is 5.32 Å². The molecule has 0 unspecified atom stereocenters. The van der Waals surface area contributed by atoms with Gasteiger partial charge < -0.3 is 5.32 Å². The maximum absolute atomic E-state index is 12.9. The zero-order valence-corrected chi connectivity index (χ0v) is 10.6. The summed E-state index contributed by atoms with van der Waals surface area (Å²) in [5.41, 5.74) is 1.10. The van der Waals surface area contributed by atoms with Crippen LogP contribution in [-0.4, -0.2) is 13.1 Å². The van der Waals surface area contributed by atoms with Crippen molar-refractivity contribution in [3.05, 3.63) is 34.6 Å². The van der Waals surface area contributed by atoms with Crippen molar-refractivity contribution in [2.24, 2.45) is 5.92 Å². The average molecular weight is 244 g/mol. The second kappa shape index (κ2) is 6.87. The molecule has 0 bridgehead atoms. The minimum atomic E-state index is -0.344. The van der Waals surface area contributed by atoms with E-state index >= 15 is 0 Å². The number of nitrogens with one attached hydrogen (secondary N) is 1. The van der Waals surface area contributed by atoms with Crippen molar-refractivity contribution >= 4 is 11.6 Å². The monoisotopic (exact) mass is 243 g/mol. The molecule has 0 atom stereocenters. The van der Waals surface area contributed by atoms with Gasteiger partial charge in [0.2, 0.25) is 0 Å². The van der Waals surface area contributed by atoms with Crippen molar-refractivity contribution in [2.45, 2.75) is 26.7 Å². The molecule has 0 aromatic heterocycles. The second-order valence-corrected chi connectivity index (χ2v) is 4.86. The Morgan fingerprint density at radius 1 is 1.38 bits per heavy atom. The molecule has 0 heterocycles. The number of hydrogen-bond donors (Lipinski definition) is 1. The summed E-state index contributed by atoms with van der Waals surface area (Å²) in [5, 5.41) is 3.59. The molecule has 0 radical (unpaired) electrons. The lowest BCUT2D eigenvalue weighted by Crippen LogP contribution is -2.21. The maximum Gasteiger partial charge on any atom is 0.141 e. The summed E-state index contributed by atoms with van der Waals surface area (Å²) in [6.07, 6.45) is 1.99. The van der Waals surface area contributed by atoms with E-state index in [1.54, 1.807) is 12.1 Å². The molecule has 1 rings (SSSR count). The van der Waals surface area contributed by atoms with Crippen LogP contribution in [0.2, 0.25) is 5.02 Å². The molecular weight excluding hydrogens is 225 g/mol. The molecule has 0 fully saturated rings. The van der Waals surface area contributed by atoms with E-state index in [1.165, 1.54) is 6.07 Å².